The molecular formula is C3H7N3OS. The van der Waals surface area contributed by atoms with E-state index in [0.717, 1.165) is 4.90 Å². The molecular weight excluding hydrogens is 126 g/mol. The Morgan fingerprint density at radius 2 is 2.25 bits per heavy atom. The lowest BCUT2D eigenvalue weighted by Gasteiger charge is -2.08. The van der Waals surface area contributed by atoms with Gasteiger partial charge in [0.05, 0.1) is 0 Å². The van der Waals surface area contributed by atoms with E-state index in [-0.39, 0.29) is 5.96 Å². The third-order valence-electron chi connectivity index (χ3n) is 0.648. The molecule has 5 heteroatoms. The number of hydrogen-bond donors (Lipinski definition) is 3. The largest absolute Gasteiger partial charge is 0.370 e. The smallest absolute Gasteiger partial charge is 0.285 e. The molecule has 0 aliphatic rings. The van der Waals surface area contributed by atoms with Gasteiger partial charge >= 0.3 is 0 Å². The molecule has 0 heterocycles. The van der Waals surface area contributed by atoms with Crippen LogP contribution >= 0.6 is 12.6 Å². The number of nitrogens with one attached hydrogen (secondary N) is 1. The van der Waals surface area contributed by atoms with Crippen molar-refractivity contribution < 1.29 is 4.79 Å². The first-order valence-electron chi connectivity index (χ1n) is 1.86. The van der Waals surface area contributed by atoms with E-state index in [9.17, 15) is 4.79 Å². The number of thiol groups is 1. The average Bonchev–Trinajstić information content (AvgIpc) is 1.64. The van der Waals surface area contributed by atoms with Crippen LogP contribution in [-0.2, 0) is 0 Å². The van der Waals surface area contributed by atoms with Crippen molar-refractivity contribution in [3.05, 3.63) is 0 Å². The molecule has 46 valence electrons. The molecule has 0 saturated carbocycles. The highest BCUT2D eigenvalue weighted by atomic mass is 32.1. The first-order valence-corrected chi connectivity index (χ1v) is 2.31. The maximum atomic E-state index is 10.2. The molecule has 0 bridgehead atoms. The van der Waals surface area contributed by atoms with Crippen LogP contribution in [0.4, 0.5) is 4.79 Å². The second-order valence-electron chi connectivity index (χ2n) is 1.23. The Bertz CT molecular complexity index is 110. The number of amides is 1. The Hall–Kier alpha value is -0.710. The molecule has 0 aromatic rings. The SMILES string of the molecule is CN(C(=N)N)C(=O)S. The first-order chi connectivity index (χ1) is 3.55. The van der Waals surface area contributed by atoms with Crippen LogP contribution in [0, 0.1) is 5.41 Å². The topological polar surface area (TPSA) is 70.2 Å². The van der Waals surface area contributed by atoms with Gasteiger partial charge in [-0.05, 0) is 0 Å². The van der Waals surface area contributed by atoms with Gasteiger partial charge in [0.15, 0.2) is 5.96 Å². The summed E-state index contributed by atoms with van der Waals surface area (Å²) in [5.74, 6) is -0.301. The van der Waals surface area contributed by atoms with Crippen molar-refractivity contribution in [3.63, 3.8) is 0 Å². The van der Waals surface area contributed by atoms with Crippen molar-refractivity contribution in [2.45, 2.75) is 0 Å². The Balaban J connectivity index is 3.83. The monoisotopic (exact) mass is 133 g/mol. The van der Waals surface area contributed by atoms with Crippen LogP contribution in [0.15, 0.2) is 0 Å². The van der Waals surface area contributed by atoms with E-state index < -0.39 is 5.24 Å². The van der Waals surface area contributed by atoms with Gasteiger partial charge in [0.1, 0.15) is 0 Å². The standard InChI is InChI=1S/C3H7N3OS/c1-6(2(4)5)3(7)8/h1H3,(H3,4,5)(H,7,8). The zero-order valence-electron chi connectivity index (χ0n) is 4.38. The number of guanidine groups is 1. The summed E-state index contributed by atoms with van der Waals surface area (Å²) in [6.07, 6.45) is 0. The Labute approximate surface area is 52.6 Å². The molecule has 1 amide bonds. The van der Waals surface area contributed by atoms with Gasteiger partial charge in [-0.2, -0.15) is 0 Å². The molecule has 0 atom stereocenters. The van der Waals surface area contributed by atoms with Gasteiger partial charge in [0, 0.05) is 7.05 Å². The number of carbonyl (C=O) groups is 1. The van der Waals surface area contributed by atoms with Crippen LogP contribution in [0.1, 0.15) is 0 Å². The number of rotatable bonds is 0. The van der Waals surface area contributed by atoms with E-state index in [0.29, 0.717) is 0 Å². The van der Waals surface area contributed by atoms with Crippen molar-refractivity contribution in [2.75, 3.05) is 7.05 Å². The second-order valence-corrected chi connectivity index (χ2v) is 1.61. The van der Waals surface area contributed by atoms with Crippen LogP contribution < -0.4 is 5.73 Å². The van der Waals surface area contributed by atoms with Gasteiger partial charge in [-0.25, -0.2) is 0 Å². The number of carbonyl (C=O) groups excluding carboxylic acids is 1. The average molecular weight is 133 g/mol. The number of nitrogens with zero attached hydrogens (tertiary/aromatic N) is 1. The molecule has 0 aliphatic carbocycles. The predicted octanol–water partition coefficient (Wildman–Crippen LogP) is -0.139. The van der Waals surface area contributed by atoms with Crippen LogP contribution in [0.2, 0.25) is 0 Å². The molecule has 0 radical (unpaired) electrons. The maximum Gasteiger partial charge on any atom is 0.285 e. The van der Waals surface area contributed by atoms with Gasteiger partial charge in [-0.1, -0.05) is 12.6 Å². The van der Waals surface area contributed by atoms with Crippen LogP contribution in [0.25, 0.3) is 0 Å². The zero-order chi connectivity index (χ0) is 6.73. The second kappa shape index (κ2) is 2.56. The fourth-order valence-corrected chi connectivity index (χ4v) is 0.211. The summed E-state index contributed by atoms with van der Waals surface area (Å²) < 4.78 is 0. The minimum absolute atomic E-state index is 0.301. The Kier molecular flexibility index (Phi) is 2.33. The van der Waals surface area contributed by atoms with Crippen molar-refractivity contribution in [3.8, 4) is 0 Å². The fraction of sp³-hybridized carbons (Fsp3) is 0.333. The maximum absolute atomic E-state index is 10.2. The summed E-state index contributed by atoms with van der Waals surface area (Å²) in [4.78, 5) is 11.1. The summed E-state index contributed by atoms with van der Waals surface area (Å²) in [5.41, 5.74) is 4.88. The third kappa shape index (κ3) is 1.83. The highest BCUT2D eigenvalue weighted by Gasteiger charge is 2.02. The molecule has 0 spiro atoms. The fourth-order valence-electron chi connectivity index (χ4n) is 0.103. The van der Waals surface area contributed by atoms with Gasteiger partial charge in [-0.15, -0.1) is 0 Å². The van der Waals surface area contributed by atoms with Gasteiger partial charge in [0.2, 0.25) is 0 Å². The molecule has 0 aromatic heterocycles. The molecule has 4 nitrogen and oxygen atoms in total. The van der Waals surface area contributed by atoms with Gasteiger partial charge in [0.25, 0.3) is 5.24 Å². The van der Waals surface area contributed by atoms with Crippen LogP contribution in [-0.4, -0.2) is 23.1 Å². The van der Waals surface area contributed by atoms with E-state index in [2.05, 4.69) is 12.6 Å². The molecule has 0 aromatic carbocycles. The molecule has 3 N–H and O–H groups in total. The highest BCUT2D eigenvalue weighted by Crippen LogP contribution is 1.87. The normalized spacial score (nSPS) is 8.25. The minimum atomic E-state index is -0.530. The van der Waals surface area contributed by atoms with E-state index in [1.54, 1.807) is 0 Å². The Morgan fingerprint density at radius 1 is 1.88 bits per heavy atom. The summed E-state index contributed by atoms with van der Waals surface area (Å²) in [7, 11) is 1.37. The van der Waals surface area contributed by atoms with E-state index in [1.165, 1.54) is 7.05 Å². The van der Waals surface area contributed by atoms with Gasteiger partial charge in [-0.3, -0.25) is 15.1 Å². The van der Waals surface area contributed by atoms with Crippen LogP contribution in [0.5, 0.6) is 0 Å². The summed E-state index contributed by atoms with van der Waals surface area (Å²) in [6, 6.07) is 0. The Morgan fingerprint density at radius 3 is 2.25 bits per heavy atom. The molecule has 0 rings (SSSR count). The number of nitrogens with two attached hydrogens (primary N) is 1. The third-order valence-corrected chi connectivity index (χ3v) is 0.948. The van der Waals surface area contributed by atoms with Crippen molar-refractivity contribution >= 4 is 23.8 Å². The highest BCUT2D eigenvalue weighted by molar-refractivity contribution is 7.96. The summed E-state index contributed by atoms with van der Waals surface area (Å²) in [5, 5.41) is 6.13. The molecule has 0 fully saturated rings. The lowest BCUT2D eigenvalue weighted by molar-refractivity contribution is 0.249. The predicted molar refractivity (Wildman–Crippen MR) is 34.1 cm³/mol. The minimum Gasteiger partial charge on any atom is -0.370 e. The van der Waals surface area contributed by atoms with Crippen molar-refractivity contribution in [2.24, 2.45) is 5.73 Å². The first kappa shape index (κ1) is 7.29. The summed E-state index contributed by atoms with van der Waals surface area (Å²) >= 11 is 3.40. The molecule has 0 unspecified atom stereocenters. The van der Waals surface area contributed by atoms with E-state index in [4.69, 9.17) is 11.1 Å². The van der Waals surface area contributed by atoms with Crippen molar-refractivity contribution in [1.82, 2.24) is 4.90 Å². The quantitative estimate of drug-likeness (QED) is 0.244. The summed E-state index contributed by atoms with van der Waals surface area (Å²) in [6.45, 7) is 0. The van der Waals surface area contributed by atoms with Crippen molar-refractivity contribution in [1.29, 1.82) is 5.41 Å². The zero-order valence-corrected chi connectivity index (χ0v) is 5.27. The lowest BCUT2D eigenvalue weighted by Crippen LogP contribution is -2.34. The van der Waals surface area contributed by atoms with Crippen LogP contribution in [0.3, 0.4) is 0 Å². The number of hydrogen-bond acceptors (Lipinski definition) is 2. The molecule has 0 saturated heterocycles. The lowest BCUT2D eigenvalue weighted by atomic mass is 10.8. The molecule has 8 heavy (non-hydrogen) atoms. The van der Waals surface area contributed by atoms with E-state index in [1.807, 2.05) is 0 Å². The van der Waals surface area contributed by atoms with Gasteiger partial charge < -0.3 is 5.73 Å². The van der Waals surface area contributed by atoms with E-state index >= 15 is 0 Å². The molecule has 0 aliphatic heterocycles.